The molecule has 0 radical (unpaired) electrons. The molecular formula is C32H41Cl2NO8. The number of imide groups is 1. The van der Waals surface area contributed by atoms with Crippen LogP contribution >= 0.6 is 23.2 Å². The molecule has 2 amide bonds. The molecule has 0 aliphatic carbocycles. The van der Waals surface area contributed by atoms with Crippen molar-refractivity contribution in [3.8, 4) is 5.75 Å². The Morgan fingerprint density at radius 1 is 0.930 bits per heavy atom. The maximum atomic E-state index is 13.7. The van der Waals surface area contributed by atoms with Crippen molar-refractivity contribution in [2.75, 3.05) is 13.2 Å². The number of amides is 2. The van der Waals surface area contributed by atoms with Crippen molar-refractivity contribution < 1.29 is 38.1 Å². The minimum absolute atomic E-state index is 0.0867. The average Bonchev–Trinajstić information content (AvgIpc) is 2.90. The molecule has 0 spiro atoms. The van der Waals surface area contributed by atoms with Crippen molar-refractivity contribution >= 4 is 41.4 Å². The molecule has 0 aromatic heterocycles. The number of ether oxygens (including phenoxy) is 5. The van der Waals surface area contributed by atoms with Crippen molar-refractivity contribution in [2.45, 2.75) is 91.3 Å². The van der Waals surface area contributed by atoms with E-state index in [9.17, 15) is 14.4 Å². The summed E-state index contributed by atoms with van der Waals surface area (Å²) >= 11 is 12.6. The van der Waals surface area contributed by atoms with Crippen LogP contribution in [0.15, 0.2) is 42.5 Å². The van der Waals surface area contributed by atoms with Crippen molar-refractivity contribution in [1.29, 1.82) is 0 Å². The quantitative estimate of drug-likeness (QED) is 0.247. The zero-order valence-electron chi connectivity index (χ0n) is 25.9. The summed E-state index contributed by atoms with van der Waals surface area (Å²) in [7, 11) is 0. The van der Waals surface area contributed by atoms with Gasteiger partial charge in [-0.2, -0.15) is 4.90 Å². The zero-order valence-corrected chi connectivity index (χ0v) is 27.5. The van der Waals surface area contributed by atoms with E-state index in [1.54, 1.807) is 60.6 Å². The number of halogens is 2. The first kappa shape index (κ1) is 34.5. The Bertz CT molecular complexity index is 1260. The fourth-order valence-corrected chi connectivity index (χ4v) is 4.93. The number of benzene rings is 2. The first-order valence-corrected chi connectivity index (χ1v) is 14.9. The van der Waals surface area contributed by atoms with Crippen molar-refractivity contribution in [1.82, 2.24) is 4.90 Å². The summed E-state index contributed by atoms with van der Waals surface area (Å²) in [4.78, 5) is 40.9. The Labute approximate surface area is 263 Å². The van der Waals surface area contributed by atoms with E-state index < -0.39 is 47.6 Å². The molecule has 1 aliphatic rings. The molecular weight excluding hydrogens is 597 g/mol. The minimum atomic E-state index is -1.48. The van der Waals surface area contributed by atoms with Gasteiger partial charge in [0, 0.05) is 16.0 Å². The lowest BCUT2D eigenvalue weighted by Crippen LogP contribution is -2.54. The third-order valence-electron chi connectivity index (χ3n) is 6.39. The molecule has 0 bridgehead atoms. The minimum Gasteiger partial charge on any atom is -0.486 e. The summed E-state index contributed by atoms with van der Waals surface area (Å²) in [6.45, 7) is 13.3. The van der Waals surface area contributed by atoms with Crippen LogP contribution in [0.4, 0.5) is 9.59 Å². The van der Waals surface area contributed by atoms with E-state index >= 15 is 0 Å². The number of esters is 1. The monoisotopic (exact) mass is 637 g/mol. The number of rotatable bonds is 5. The second-order valence-electron chi connectivity index (χ2n) is 12.6. The highest BCUT2D eigenvalue weighted by molar-refractivity contribution is 6.35. The Balaban J connectivity index is 1.99. The summed E-state index contributed by atoms with van der Waals surface area (Å²) in [5, 5.41) is 0.978. The Hall–Kier alpha value is -3.01. The summed E-state index contributed by atoms with van der Waals surface area (Å²) in [6, 6.07) is 11.2. The summed E-state index contributed by atoms with van der Waals surface area (Å²) in [5.74, 6) is -0.657. The van der Waals surface area contributed by atoms with Crippen LogP contribution in [0.3, 0.4) is 0 Å². The van der Waals surface area contributed by atoms with Crippen LogP contribution in [0.25, 0.3) is 0 Å². The van der Waals surface area contributed by atoms with Crippen LogP contribution < -0.4 is 4.74 Å². The number of hydrogen-bond donors (Lipinski definition) is 0. The number of cyclic esters (lactones) is 1. The number of nitrogens with zero attached hydrogens (tertiary/aromatic N) is 1. The molecule has 3 rings (SSSR count). The van der Waals surface area contributed by atoms with Gasteiger partial charge < -0.3 is 23.7 Å². The average molecular weight is 639 g/mol. The molecule has 0 saturated carbocycles. The van der Waals surface area contributed by atoms with Crippen LogP contribution in [0.2, 0.25) is 10.0 Å². The summed E-state index contributed by atoms with van der Waals surface area (Å²) in [6.07, 6.45) is -3.23. The van der Waals surface area contributed by atoms with Gasteiger partial charge in [0.1, 0.15) is 29.2 Å². The molecule has 1 aliphatic heterocycles. The normalized spacial score (nSPS) is 21.5. The van der Waals surface area contributed by atoms with Gasteiger partial charge in [-0.3, -0.25) is 0 Å². The van der Waals surface area contributed by atoms with Crippen LogP contribution in [0.5, 0.6) is 5.75 Å². The molecule has 2 aromatic carbocycles. The lowest BCUT2D eigenvalue weighted by molar-refractivity contribution is -0.159. The number of aryl methyl sites for hydroxylation is 1. The van der Waals surface area contributed by atoms with Crippen LogP contribution in [0, 0.1) is 12.8 Å². The first-order valence-electron chi connectivity index (χ1n) is 14.1. The topological polar surface area (TPSA) is 101 Å². The van der Waals surface area contributed by atoms with Crippen LogP contribution in [0.1, 0.15) is 59.6 Å². The van der Waals surface area contributed by atoms with Gasteiger partial charge in [0.25, 0.3) is 0 Å². The first-order chi connectivity index (χ1) is 19.9. The fraction of sp³-hybridized carbons (Fsp3) is 0.531. The lowest BCUT2D eigenvalue weighted by Gasteiger charge is -2.33. The molecule has 1 saturated heterocycles. The van der Waals surface area contributed by atoms with Crippen molar-refractivity contribution in [2.24, 2.45) is 5.92 Å². The second kappa shape index (κ2) is 14.2. The Kier molecular flexibility index (Phi) is 11.4. The van der Waals surface area contributed by atoms with Gasteiger partial charge in [0.05, 0.1) is 13.2 Å². The van der Waals surface area contributed by atoms with E-state index in [0.29, 0.717) is 27.1 Å². The molecule has 2 aromatic rings. The van der Waals surface area contributed by atoms with Gasteiger partial charge in [-0.1, -0.05) is 47.0 Å². The zero-order chi connectivity index (χ0) is 32.1. The molecule has 11 heteroatoms. The van der Waals surface area contributed by atoms with Gasteiger partial charge >= 0.3 is 18.2 Å². The van der Waals surface area contributed by atoms with E-state index in [1.165, 1.54) is 0 Å². The van der Waals surface area contributed by atoms with E-state index in [-0.39, 0.29) is 19.1 Å². The maximum Gasteiger partial charge on any atom is 0.420 e. The Morgan fingerprint density at radius 2 is 1.51 bits per heavy atom. The standard InChI is InChI=1S/C32H41Cl2NO8/c1-19-9-13-24(14-10-19)41-27-20(2)40-28(36)26(18-39-17-22(27)15-21-11-12-23(33)16-25(21)34)35(29(37)42-31(3,4)5)30(38)43-32(6,7)8/h9-14,16,20,22,26-27H,15,17-18H2,1-8H3/t20-,22-,26-,27-/m0/s1. The van der Waals surface area contributed by atoms with Crippen molar-refractivity contribution in [3.05, 3.63) is 63.6 Å². The SMILES string of the molecule is Cc1ccc(O[C@@H]2[C@@H](Cc3ccc(Cl)cc3Cl)COC[C@H](N(C(=O)OC(C)(C)C)C(=O)OC(C)(C)C)C(=O)O[C@H]2C)cc1. The van der Waals surface area contributed by atoms with Gasteiger partial charge in [0.15, 0.2) is 6.04 Å². The molecule has 43 heavy (non-hydrogen) atoms. The molecule has 9 nitrogen and oxygen atoms in total. The van der Waals surface area contributed by atoms with E-state index in [0.717, 1.165) is 11.1 Å². The highest BCUT2D eigenvalue weighted by Crippen LogP contribution is 2.30. The third-order valence-corrected chi connectivity index (χ3v) is 6.98. The predicted molar refractivity (Wildman–Crippen MR) is 164 cm³/mol. The number of carbonyl (C=O) groups is 3. The van der Waals surface area contributed by atoms with Crippen molar-refractivity contribution in [3.63, 3.8) is 0 Å². The second-order valence-corrected chi connectivity index (χ2v) is 13.5. The molecule has 4 atom stereocenters. The number of hydrogen-bond acceptors (Lipinski definition) is 8. The lowest BCUT2D eigenvalue weighted by atomic mass is 9.91. The van der Waals surface area contributed by atoms with Gasteiger partial charge in [-0.25, -0.2) is 14.4 Å². The van der Waals surface area contributed by atoms with E-state index in [1.807, 2.05) is 37.3 Å². The predicted octanol–water partition coefficient (Wildman–Crippen LogP) is 7.41. The summed E-state index contributed by atoms with van der Waals surface area (Å²) in [5.41, 5.74) is -0.0508. The smallest absolute Gasteiger partial charge is 0.420 e. The fourth-order valence-electron chi connectivity index (χ4n) is 4.45. The van der Waals surface area contributed by atoms with E-state index in [4.69, 9.17) is 46.9 Å². The summed E-state index contributed by atoms with van der Waals surface area (Å²) < 4.78 is 29.3. The highest BCUT2D eigenvalue weighted by atomic mass is 35.5. The molecule has 1 fully saturated rings. The van der Waals surface area contributed by atoms with E-state index in [2.05, 4.69) is 0 Å². The highest BCUT2D eigenvalue weighted by Gasteiger charge is 2.44. The maximum absolute atomic E-state index is 13.7. The number of carbonyl (C=O) groups excluding carboxylic acids is 3. The van der Waals surface area contributed by atoms with Gasteiger partial charge in [-0.05, 0) is 91.6 Å². The molecule has 0 N–H and O–H groups in total. The van der Waals surface area contributed by atoms with Gasteiger partial charge in [-0.15, -0.1) is 0 Å². The molecule has 236 valence electrons. The van der Waals surface area contributed by atoms with Crippen LogP contribution in [-0.2, 0) is 30.2 Å². The van der Waals surface area contributed by atoms with Gasteiger partial charge in [0.2, 0.25) is 0 Å². The molecule has 1 heterocycles. The third kappa shape index (κ3) is 10.3. The Morgan fingerprint density at radius 3 is 2.05 bits per heavy atom. The molecule has 0 unspecified atom stereocenters. The van der Waals surface area contributed by atoms with Crippen LogP contribution in [-0.4, -0.2) is 65.7 Å². The largest absolute Gasteiger partial charge is 0.486 e.